The summed E-state index contributed by atoms with van der Waals surface area (Å²) in [5.74, 6) is -0.0730. The summed E-state index contributed by atoms with van der Waals surface area (Å²) in [6.45, 7) is 0.296. The number of nitrogens with zero attached hydrogens (tertiary/aromatic N) is 4. The lowest BCUT2D eigenvalue weighted by Gasteiger charge is -2.02. The molecule has 0 aliphatic carbocycles. The van der Waals surface area contributed by atoms with E-state index in [0.29, 0.717) is 17.4 Å². The molecule has 11 heteroatoms. The summed E-state index contributed by atoms with van der Waals surface area (Å²) < 4.78 is 13.7. The highest BCUT2D eigenvalue weighted by molar-refractivity contribution is 8.00. The highest BCUT2D eigenvalue weighted by atomic mass is 32.2. The zero-order valence-corrected chi connectivity index (χ0v) is 17.9. The van der Waals surface area contributed by atoms with Gasteiger partial charge in [0.2, 0.25) is 10.1 Å². The SMILES string of the molecule is O=C(NCc1ccc(F)cc1)c1nnc(CSc2nnc(Nc3ccccc3)s2)s1. The van der Waals surface area contributed by atoms with Crippen molar-refractivity contribution in [2.75, 3.05) is 5.32 Å². The van der Waals surface area contributed by atoms with Gasteiger partial charge in [0.05, 0.1) is 5.75 Å². The number of hydrogen-bond donors (Lipinski definition) is 2. The number of para-hydroxylation sites is 1. The van der Waals surface area contributed by atoms with Crippen molar-refractivity contribution in [3.8, 4) is 0 Å². The molecule has 2 heterocycles. The van der Waals surface area contributed by atoms with Crippen molar-refractivity contribution in [1.29, 1.82) is 0 Å². The Morgan fingerprint density at radius 1 is 0.967 bits per heavy atom. The number of anilines is 2. The molecule has 0 fully saturated rings. The Hall–Kier alpha value is -2.89. The lowest BCUT2D eigenvalue weighted by molar-refractivity contribution is 0.0950. The van der Waals surface area contributed by atoms with Gasteiger partial charge in [-0.15, -0.1) is 20.4 Å². The molecule has 152 valence electrons. The number of halogens is 1. The number of nitrogens with one attached hydrogen (secondary N) is 2. The van der Waals surface area contributed by atoms with Crippen molar-refractivity contribution < 1.29 is 9.18 Å². The van der Waals surface area contributed by atoms with Gasteiger partial charge in [-0.25, -0.2) is 4.39 Å². The van der Waals surface area contributed by atoms with Crippen molar-refractivity contribution in [3.63, 3.8) is 0 Å². The normalized spacial score (nSPS) is 10.7. The predicted molar refractivity (Wildman–Crippen MR) is 117 cm³/mol. The number of carbonyl (C=O) groups excluding carboxylic acids is 1. The predicted octanol–water partition coefficient (Wildman–Crippen LogP) is 4.49. The monoisotopic (exact) mass is 458 g/mol. The zero-order chi connectivity index (χ0) is 20.8. The fourth-order valence-corrected chi connectivity index (χ4v) is 4.86. The zero-order valence-electron chi connectivity index (χ0n) is 15.4. The van der Waals surface area contributed by atoms with E-state index in [1.165, 1.54) is 46.6 Å². The molecule has 0 unspecified atom stereocenters. The molecule has 0 saturated heterocycles. The summed E-state index contributed by atoms with van der Waals surface area (Å²) in [5, 5.41) is 24.0. The van der Waals surface area contributed by atoms with E-state index in [1.807, 2.05) is 30.3 Å². The second-order valence-electron chi connectivity index (χ2n) is 5.96. The highest BCUT2D eigenvalue weighted by Gasteiger charge is 2.14. The van der Waals surface area contributed by atoms with Crippen molar-refractivity contribution in [2.24, 2.45) is 0 Å². The van der Waals surface area contributed by atoms with Crippen LogP contribution in [0.25, 0.3) is 0 Å². The number of aromatic nitrogens is 4. The smallest absolute Gasteiger partial charge is 0.282 e. The lowest BCUT2D eigenvalue weighted by atomic mass is 10.2. The summed E-state index contributed by atoms with van der Waals surface area (Å²) >= 11 is 4.17. The van der Waals surface area contributed by atoms with Crippen LogP contribution in [0.1, 0.15) is 20.4 Å². The van der Waals surface area contributed by atoms with Crippen molar-refractivity contribution in [1.82, 2.24) is 25.7 Å². The number of thioether (sulfide) groups is 1. The third-order valence-corrected chi connectivity index (χ3v) is 6.87. The van der Waals surface area contributed by atoms with Gasteiger partial charge in [-0.05, 0) is 29.8 Å². The number of amides is 1. The quantitative estimate of drug-likeness (QED) is 0.376. The molecule has 0 bridgehead atoms. The third kappa shape index (κ3) is 5.59. The number of carbonyl (C=O) groups is 1. The summed E-state index contributed by atoms with van der Waals surface area (Å²) in [4.78, 5) is 12.2. The van der Waals surface area contributed by atoms with Crippen LogP contribution in [0, 0.1) is 5.82 Å². The van der Waals surface area contributed by atoms with Crippen molar-refractivity contribution in [3.05, 3.63) is 76.0 Å². The summed E-state index contributed by atoms with van der Waals surface area (Å²) in [7, 11) is 0. The third-order valence-electron chi connectivity index (χ3n) is 3.78. The molecule has 0 aliphatic heterocycles. The molecule has 30 heavy (non-hydrogen) atoms. The second-order valence-corrected chi connectivity index (χ2v) is 9.22. The Morgan fingerprint density at radius 3 is 2.57 bits per heavy atom. The second kappa shape index (κ2) is 9.74. The molecule has 7 nitrogen and oxygen atoms in total. The average Bonchev–Trinajstić information content (AvgIpc) is 3.42. The Labute approximate surface area is 183 Å². The Bertz CT molecular complexity index is 1120. The maximum absolute atomic E-state index is 12.9. The largest absolute Gasteiger partial charge is 0.346 e. The highest BCUT2D eigenvalue weighted by Crippen LogP contribution is 2.30. The number of benzene rings is 2. The number of hydrogen-bond acceptors (Lipinski definition) is 9. The molecule has 0 spiro atoms. The molecule has 2 aromatic carbocycles. The van der Waals surface area contributed by atoms with Gasteiger partial charge in [0.25, 0.3) is 5.91 Å². The summed E-state index contributed by atoms with van der Waals surface area (Å²) in [5.41, 5.74) is 1.76. The van der Waals surface area contributed by atoms with Gasteiger partial charge in [-0.2, -0.15) is 0 Å². The maximum Gasteiger partial charge on any atom is 0.282 e. The molecule has 2 N–H and O–H groups in total. The molecule has 0 radical (unpaired) electrons. The minimum Gasteiger partial charge on any atom is -0.346 e. The van der Waals surface area contributed by atoms with Gasteiger partial charge >= 0.3 is 0 Å². The van der Waals surface area contributed by atoms with E-state index >= 15 is 0 Å². The fraction of sp³-hybridized carbons (Fsp3) is 0.105. The number of rotatable bonds is 8. The van der Waals surface area contributed by atoms with Gasteiger partial charge in [-0.1, -0.05) is 64.8 Å². The minimum atomic E-state index is -0.310. The van der Waals surface area contributed by atoms with E-state index in [2.05, 4.69) is 31.0 Å². The first-order valence-electron chi connectivity index (χ1n) is 8.79. The Balaban J connectivity index is 1.27. The average molecular weight is 459 g/mol. The first-order chi connectivity index (χ1) is 14.7. The minimum absolute atomic E-state index is 0.288. The molecule has 4 aromatic rings. The molecule has 2 aromatic heterocycles. The first-order valence-corrected chi connectivity index (χ1v) is 11.4. The van der Waals surface area contributed by atoms with E-state index in [1.54, 1.807) is 12.1 Å². The van der Waals surface area contributed by atoms with Gasteiger partial charge in [-0.3, -0.25) is 4.79 Å². The van der Waals surface area contributed by atoms with E-state index in [0.717, 1.165) is 20.6 Å². The topological polar surface area (TPSA) is 92.7 Å². The van der Waals surface area contributed by atoms with Crippen LogP contribution in [0.4, 0.5) is 15.2 Å². The molecule has 0 atom stereocenters. The van der Waals surface area contributed by atoms with Gasteiger partial charge in [0.15, 0.2) is 4.34 Å². The van der Waals surface area contributed by atoms with E-state index in [9.17, 15) is 9.18 Å². The Morgan fingerprint density at radius 2 is 1.77 bits per heavy atom. The van der Waals surface area contributed by atoms with Crippen LogP contribution in [0.5, 0.6) is 0 Å². The summed E-state index contributed by atoms with van der Waals surface area (Å²) in [6, 6.07) is 15.7. The van der Waals surface area contributed by atoms with Gasteiger partial charge in [0, 0.05) is 12.2 Å². The van der Waals surface area contributed by atoms with E-state index < -0.39 is 0 Å². The van der Waals surface area contributed by atoms with Crippen molar-refractivity contribution in [2.45, 2.75) is 16.6 Å². The maximum atomic E-state index is 12.9. The van der Waals surface area contributed by atoms with Crippen LogP contribution in [0.15, 0.2) is 58.9 Å². The molecule has 0 aliphatic rings. The lowest BCUT2D eigenvalue weighted by Crippen LogP contribution is -2.22. The van der Waals surface area contributed by atoms with E-state index in [-0.39, 0.29) is 16.7 Å². The van der Waals surface area contributed by atoms with Crippen LogP contribution in [0.2, 0.25) is 0 Å². The Kier molecular flexibility index (Phi) is 6.62. The van der Waals surface area contributed by atoms with Crippen LogP contribution < -0.4 is 10.6 Å². The summed E-state index contributed by atoms with van der Waals surface area (Å²) in [6.07, 6.45) is 0. The molecule has 0 saturated carbocycles. The molecular formula is C19H15FN6OS3. The van der Waals surface area contributed by atoms with E-state index in [4.69, 9.17) is 0 Å². The molecule has 4 rings (SSSR count). The van der Waals surface area contributed by atoms with Crippen LogP contribution in [0.3, 0.4) is 0 Å². The first kappa shape index (κ1) is 20.4. The van der Waals surface area contributed by atoms with Crippen LogP contribution >= 0.6 is 34.4 Å². The van der Waals surface area contributed by atoms with Crippen LogP contribution in [-0.4, -0.2) is 26.3 Å². The van der Waals surface area contributed by atoms with Crippen molar-refractivity contribution >= 4 is 51.2 Å². The van der Waals surface area contributed by atoms with Gasteiger partial charge < -0.3 is 10.6 Å². The molecule has 1 amide bonds. The standard InChI is InChI=1S/C19H15FN6OS3/c20-13-8-6-12(7-9-13)10-21-16(27)17-24-23-15(29-17)11-28-19-26-25-18(30-19)22-14-4-2-1-3-5-14/h1-9H,10-11H2,(H,21,27)(H,22,25). The fourth-order valence-electron chi connectivity index (χ4n) is 2.35. The van der Waals surface area contributed by atoms with Gasteiger partial charge in [0.1, 0.15) is 10.8 Å². The molecular weight excluding hydrogens is 443 g/mol. The van der Waals surface area contributed by atoms with Crippen LogP contribution in [-0.2, 0) is 12.3 Å².